The van der Waals surface area contributed by atoms with Crippen LogP contribution in [0.15, 0.2) is 47.9 Å². The number of para-hydroxylation sites is 1. The van der Waals surface area contributed by atoms with E-state index in [1.807, 2.05) is 68.8 Å². The van der Waals surface area contributed by atoms with Crippen molar-refractivity contribution in [2.75, 3.05) is 0 Å². The highest BCUT2D eigenvalue weighted by Crippen LogP contribution is 2.27. The van der Waals surface area contributed by atoms with Gasteiger partial charge in [-0.05, 0) is 39.0 Å². The van der Waals surface area contributed by atoms with Gasteiger partial charge in [0, 0.05) is 29.7 Å². The molecule has 1 atom stereocenters. The largest absolute Gasteiger partial charge is 0.318 e. The second-order valence-electron chi connectivity index (χ2n) is 5.80. The van der Waals surface area contributed by atoms with E-state index in [1.165, 1.54) is 11.8 Å². The third-order valence-corrected chi connectivity index (χ3v) is 5.18. The average molecular weight is 340 g/mol. The van der Waals surface area contributed by atoms with Crippen molar-refractivity contribution in [1.82, 2.24) is 19.3 Å². The molecule has 2 heterocycles. The van der Waals surface area contributed by atoms with Crippen LogP contribution in [0.25, 0.3) is 5.69 Å². The van der Waals surface area contributed by atoms with Gasteiger partial charge in [0.15, 0.2) is 10.9 Å². The Hall–Kier alpha value is -2.34. The number of Topliss-reactive ketones (excluding diaryl/α,β-unsaturated/α-hetero) is 1. The highest BCUT2D eigenvalue weighted by atomic mass is 32.2. The van der Waals surface area contributed by atoms with Gasteiger partial charge in [-0.15, -0.1) is 10.2 Å². The molecule has 0 fully saturated rings. The Morgan fingerprint density at radius 1 is 1.21 bits per heavy atom. The van der Waals surface area contributed by atoms with E-state index < -0.39 is 0 Å². The van der Waals surface area contributed by atoms with E-state index in [0.717, 1.165) is 27.8 Å². The summed E-state index contributed by atoms with van der Waals surface area (Å²) in [4.78, 5) is 12.9. The summed E-state index contributed by atoms with van der Waals surface area (Å²) in [5.74, 6) is 0.110. The van der Waals surface area contributed by atoms with Crippen LogP contribution in [0.1, 0.15) is 28.7 Å². The predicted molar refractivity (Wildman–Crippen MR) is 95.9 cm³/mol. The molecule has 0 N–H and O–H groups in total. The summed E-state index contributed by atoms with van der Waals surface area (Å²) >= 11 is 1.43. The molecule has 0 aliphatic rings. The number of nitrogens with zero attached hydrogens (tertiary/aromatic N) is 4. The number of aryl methyl sites for hydroxylation is 2. The molecule has 0 saturated carbocycles. The second-order valence-corrected chi connectivity index (χ2v) is 7.11. The minimum atomic E-state index is -0.224. The minimum Gasteiger partial charge on any atom is -0.318 e. The van der Waals surface area contributed by atoms with Gasteiger partial charge in [-0.3, -0.25) is 4.79 Å². The lowest BCUT2D eigenvalue weighted by atomic mass is 10.1. The Morgan fingerprint density at radius 3 is 2.54 bits per heavy atom. The Bertz CT molecular complexity index is 867. The summed E-state index contributed by atoms with van der Waals surface area (Å²) in [7, 11) is 1.88. The van der Waals surface area contributed by atoms with Crippen molar-refractivity contribution in [1.29, 1.82) is 0 Å². The monoisotopic (exact) mass is 340 g/mol. The maximum absolute atomic E-state index is 12.9. The Kier molecular flexibility index (Phi) is 4.57. The van der Waals surface area contributed by atoms with Crippen molar-refractivity contribution in [3.05, 3.63) is 59.7 Å². The van der Waals surface area contributed by atoms with E-state index in [4.69, 9.17) is 0 Å². The van der Waals surface area contributed by atoms with Crippen molar-refractivity contribution in [2.45, 2.75) is 31.2 Å². The van der Waals surface area contributed by atoms with Crippen LogP contribution in [0.3, 0.4) is 0 Å². The second kappa shape index (κ2) is 6.65. The van der Waals surface area contributed by atoms with E-state index in [9.17, 15) is 4.79 Å². The first-order valence-corrected chi connectivity index (χ1v) is 8.66. The van der Waals surface area contributed by atoms with Gasteiger partial charge in [0.1, 0.15) is 6.33 Å². The van der Waals surface area contributed by atoms with Gasteiger partial charge < -0.3 is 9.13 Å². The summed E-state index contributed by atoms with van der Waals surface area (Å²) in [6.07, 6.45) is 1.64. The van der Waals surface area contributed by atoms with Crippen LogP contribution in [-0.4, -0.2) is 30.4 Å². The molecule has 1 unspecified atom stereocenters. The molecule has 1 aromatic carbocycles. The van der Waals surface area contributed by atoms with Gasteiger partial charge in [-0.1, -0.05) is 30.0 Å². The zero-order valence-electron chi connectivity index (χ0n) is 14.2. The first-order chi connectivity index (χ1) is 11.5. The number of ketones is 1. The van der Waals surface area contributed by atoms with Gasteiger partial charge in [0.25, 0.3) is 0 Å². The third kappa shape index (κ3) is 3.01. The van der Waals surface area contributed by atoms with Crippen LogP contribution in [0, 0.1) is 13.8 Å². The van der Waals surface area contributed by atoms with E-state index in [2.05, 4.69) is 14.8 Å². The van der Waals surface area contributed by atoms with Crippen LogP contribution < -0.4 is 0 Å². The highest BCUT2D eigenvalue weighted by Gasteiger charge is 2.23. The smallest absolute Gasteiger partial charge is 0.191 e. The standard InChI is InChI=1S/C18H20N4OS/c1-12-10-16(13(2)22(12)15-8-6-5-7-9-15)17(23)14(3)24-18-20-19-11-21(18)4/h5-11,14H,1-4H3. The lowest BCUT2D eigenvalue weighted by molar-refractivity contribution is 0.0993. The summed E-state index contributed by atoms with van der Waals surface area (Å²) < 4.78 is 3.94. The van der Waals surface area contributed by atoms with E-state index in [1.54, 1.807) is 6.33 Å². The summed E-state index contributed by atoms with van der Waals surface area (Å²) in [6, 6.07) is 12.1. The fourth-order valence-electron chi connectivity index (χ4n) is 2.80. The van der Waals surface area contributed by atoms with Crippen molar-refractivity contribution < 1.29 is 4.79 Å². The van der Waals surface area contributed by atoms with Gasteiger partial charge in [-0.25, -0.2) is 0 Å². The van der Waals surface area contributed by atoms with Crippen molar-refractivity contribution in [2.24, 2.45) is 7.05 Å². The van der Waals surface area contributed by atoms with Gasteiger partial charge >= 0.3 is 0 Å². The molecule has 0 amide bonds. The van der Waals surface area contributed by atoms with E-state index in [0.29, 0.717) is 0 Å². The number of carbonyl (C=O) groups is 1. The molecular weight excluding hydrogens is 320 g/mol. The minimum absolute atomic E-state index is 0.110. The van der Waals surface area contributed by atoms with Crippen LogP contribution in [0.2, 0.25) is 0 Å². The maximum atomic E-state index is 12.9. The number of benzene rings is 1. The number of carbonyl (C=O) groups excluding carboxylic acids is 1. The number of hydrogen-bond acceptors (Lipinski definition) is 4. The number of aromatic nitrogens is 4. The number of thioether (sulfide) groups is 1. The van der Waals surface area contributed by atoms with Crippen molar-refractivity contribution >= 4 is 17.5 Å². The summed E-state index contributed by atoms with van der Waals surface area (Å²) in [6.45, 7) is 5.93. The van der Waals surface area contributed by atoms with E-state index in [-0.39, 0.29) is 11.0 Å². The van der Waals surface area contributed by atoms with Crippen molar-refractivity contribution in [3.63, 3.8) is 0 Å². The first kappa shape index (κ1) is 16.5. The molecule has 5 nitrogen and oxygen atoms in total. The highest BCUT2D eigenvalue weighted by molar-refractivity contribution is 8.00. The molecule has 0 spiro atoms. The summed E-state index contributed by atoms with van der Waals surface area (Å²) in [5, 5.41) is 8.42. The topological polar surface area (TPSA) is 52.7 Å². The number of hydrogen-bond donors (Lipinski definition) is 0. The molecule has 0 aliphatic carbocycles. The van der Waals surface area contributed by atoms with Crippen LogP contribution in [-0.2, 0) is 7.05 Å². The molecule has 3 aromatic rings. The Morgan fingerprint density at radius 2 is 1.92 bits per heavy atom. The van der Waals surface area contributed by atoms with Gasteiger partial charge in [-0.2, -0.15) is 0 Å². The zero-order chi connectivity index (χ0) is 17.3. The molecule has 2 aromatic heterocycles. The third-order valence-electron chi connectivity index (χ3n) is 4.03. The SMILES string of the molecule is Cc1cc(C(=O)C(C)Sc2nncn2C)c(C)n1-c1ccccc1. The molecule has 0 aliphatic heterocycles. The lowest BCUT2D eigenvalue weighted by Crippen LogP contribution is -2.15. The Labute approximate surface area is 145 Å². The number of rotatable bonds is 5. The molecule has 6 heteroatoms. The molecule has 0 bridgehead atoms. The molecule has 124 valence electrons. The van der Waals surface area contributed by atoms with Crippen molar-refractivity contribution in [3.8, 4) is 5.69 Å². The Balaban J connectivity index is 1.90. The molecule has 3 rings (SSSR count). The van der Waals surface area contributed by atoms with Crippen LogP contribution in [0.4, 0.5) is 0 Å². The molecule has 0 saturated heterocycles. The lowest BCUT2D eigenvalue weighted by Gasteiger charge is -2.11. The molecular formula is C18H20N4OS. The fourth-order valence-corrected chi connectivity index (χ4v) is 3.65. The maximum Gasteiger partial charge on any atom is 0.191 e. The fraction of sp³-hybridized carbons (Fsp3) is 0.278. The zero-order valence-corrected chi connectivity index (χ0v) is 15.0. The summed E-state index contributed by atoms with van der Waals surface area (Å²) in [5.41, 5.74) is 3.85. The van der Waals surface area contributed by atoms with Gasteiger partial charge in [0.05, 0.1) is 5.25 Å². The first-order valence-electron chi connectivity index (χ1n) is 7.78. The van der Waals surface area contributed by atoms with Crippen LogP contribution in [0.5, 0.6) is 0 Å². The molecule has 0 radical (unpaired) electrons. The van der Waals surface area contributed by atoms with E-state index >= 15 is 0 Å². The quantitative estimate of drug-likeness (QED) is 0.526. The average Bonchev–Trinajstić information content (AvgIpc) is 3.10. The predicted octanol–water partition coefficient (Wildman–Crippen LogP) is 3.59. The normalized spacial score (nSPS) is 12.3. The van der Waals surface area contributed by atoms with Gasteiger partial charge in [0.2, 0.25) is 0 Å². The molecule has 24 heavy (non-hydrogen) atoms. The van der Waals surface area contributed by atoms with Crippen LogP contribution >= 0.6 is 11.8 Å².